The van der Waals surface area contributed by atoms with E-state index in [2.05, 4.69) is 41.5 Å². The maximum Gasteiger partial charge on any atom is 0.264 e. The van der Waals surface area contributed by atoms with Crippen molar-refractivity contribution in [3.8, 4) is 11.5 Å². The van der Waals surface area contributed by atoms with Crippen molar-refractivity contribution < 1.29 is 14.3 Å². The Kier molecular flexibility index (Phi) is 6.44. The number of aromatic nitrogens is 1. The highest BCUT2D eigenvalue weighted by molar-refractivity contribution is 7.15. The van der Waals surface area contributed by atoms with Gasteiger partial charge in [0.05, 0.1) is 6.61 Å². The number of benzene rings is 2. The number of rotatable bonds is 8. The molecule has 0 aliphatic rings. The number of hydrogen-bond acceptors (Lipinski definition) is 5. The third kappa shape index (κ3) is 5.56. The molecular weight excluding hydrogens is 360 g/mol. The average Bonchev–Trinajstić information content (AvgIpc) is 3.10. The molecule has 140 valence electrons. The molecule has 1 N–H and O–H groups in total. The first-order valence-corrected chi connectivity index (χ1v) is 9.60. The summed E-state index contributed by atoms with van der Waals surface area (Å²) >= 11 is 1.47. The maximum atomic E-state index is 12.1. The molecule has 0 saturated heterocycles. The van der Waals surface area contributed by atoms with Gasteiger partial charge in [-0.15, -0.1) is 11.3 Å². The van der Waals surface area contributed by atoms with E-state index in [-0.39, 0.29) is 12.5 Å². The summed E-state index contributed by atoms with van der Waals surface area (Å²) in [7, 11) is 0. The molecule has 0 bridgehead atoms. The van der Waals surface area contributed by atoms with Gasteiger partial charge in [-0.05, 0) is 31.5 Å². The van der Waals surface area contributed by atoms with Crippen LogP contribution in [0.15, 0.2) is 54.7 Å². The zero-order valence-corrected chi connectivity index (χ0v) is 16.2. The molecule has 0 spiro atoms. The fraction of sp³-hybridized carbons (Fsp3) is 0.238. The van der Waals surface area contributed by atoms with Gasteiger partial charge in [0.15, 0.2) is 23.2 Å². The first-order chi connectivity index (χ1) is 13.1. The topological polar surface area (TPSA) is 60.5 Å². The summed E-state index contributed by atoms with van der Waals surface area (Å²) in [5, 5.41) is 3.35. The van der Waals surface area contributed by atoms with Crippen LogP contribution in [0.1, 0.15) is 22.9 Å². The molecule has 0 unspecified atom stereocenters. The Hall–Kier alpha value is -2.86. The first-order valence-electron chi connectivity index (χ1n) is 8.78. The van der Waals surface area contributed by atoms with E-state index < -0.39 is 0 Å². The number of carbonyl (C=O) groups excluding carboxylic acids is 1. The number of nitrogens with one attached hydrogen (secondary N) is 1. The van der Waals surface area contributed by atoms with Gasteiger partial charge in [-0.3, -0.25) is 10.1 Å². The van der Waals surface area contributed by atoms with Crippen molar-refractivity contribution in [3.05, 3.63) is 70.7 Å². The van der Waals surface area contributed by atoms with Gasteiger partial charge in [0.2, 0.25) is 0 Å². The van der Waals surface area contributed by atoms with Crippen LogP contribution in [0.4, 0.5) is 5.13 Å². The molecule has 0 fully saturated rings. The minimum Gasteiger partial charge on any atom is -0.490 e. The van der Waals surface area contributed by atoms with Crippen LogP contribution in [-0.2, 0) is 11.2 Å². The molecule has 0 aliphatic carbocycles. The van der Waals surface area contributed by atoms with Gasteiger partial charge in [-0.1, -0.05) is 42.0 Å². The maximum absolute atomic E-state index is 12.1. The second-order valence-corrected chi connectivity index (χ2v) is 7.13. The predicted molar refractivity (Wildman–Crippen MR) is 108 cm³/mol. The van der Waals surface area contributed by atoms with Crippen LogP contribution in [-0.4, -0.2) is 24.1 Å². The van der Waals surface area contributed by atoms with Gasteiger partial charge < -0.3 is 9.47 Å². The van der Waals surface area contributed by atoms with Crippen LogP contribution in [0, 0.1) is 6.92 Å². The third-order valence-corrected chi connectivity index (χ3v) is 4.72. The van der Waals surface area contributed by atoms with Crippen LogP contribution in [0.5, 0.6) is 11.5 Å². The fourth-order valence-electron chi connectivity index (χ4n) is 2.50. The number of thiazole rings is 1. The predicted octanol–water partition coefficient (Wildman–Crippen LogP) is 4.46. The molecular formula is C21H22N2O3S. The van der Waals surface area contributed by atoms with Gasteiger partial charge in [0.1, 0.15) is 0 Å². The Morgan fingerprint density at radius 1 is 1.07 bits per heavy atom. The number of anilines is 1. The van der Waals surface area contributed by atoms with Gasteiger partial charge in [0, 0.05) is 17.5 Å². The minimum absolute atomic E-state index is 0.100. The lowest BCUT2D eigenvalue weighted by Crippen LogP contribution is -2.20. The van der Waals surface area contributed by atoms with E-state index >= 15 is 0 Å². The zero-order chi connectivity index (χ0) is 19.1. The molecule has 1 heterocycles. The number of ether oxygens (including phenoxy) is 2. The van der Waals surface area contributed by atoms with Crippen LogP contribution in [0.3, 0.4) is 0 Å². The second kappa shape index (κ2) is 9.19. The summed E-state index contributed by atoms with van der Waals surface area (Å²) in [6, 6.07) is 15.7. The lowest BCUT2D eigenvalue weighted by molar-refractivity contribution is -0.118. The molecule has 6 heteroatoms. The minimum atomic E-state index is -0.252. The number of aryl methyl sites for hydroxylation is 1. The molecule has 0 saturated carbocycles. The van der Waals surface area contributed by atoms with Gasteiger partial charge in [0.25, 0.3) is 5.91 Å². The Balaban J connectivity index is 1.53. The monoisotopic (exact) mass is 382 g/mol. The summed E-state index contributed by atoms with van der Waals surface area (Å²) < 4.78 is 11.1. The lowest BCUT2D eigenvalue weighted by atomic mass is 10.1. The number of nitrogens with zero attached hydrogens (tertiary/aromatic N) is 1. The van der Waals surface area contributed by atoms with Gasteiger partial charge >= 0.3 is 0 Å². The van der Waals surface area contributed by atoms with Crippen molar-refractivity contribution in [3.63, 3.8) is 0 Å². The van der Waals surface area contributed by atoms with E-state index in [0.717, 1.165) is 11.3 Å². The Labute approximate surface area is 163 Å². The summed E-state index contributed by atoms with van der Waals surface area (Å²) in [6.45, 7) is 4.41. The van der Waals surface area contributed by atoms with Crippen molar-refractivity contribution in [2.45, 2.75) is 20.3 Å². The smallest absolute Gasteiger partial charge is 0.264 e. The van der Waals surface area contributed by atoms with E-state index in [1.807, 2.05) is 25.1 Å². The van der Waals surface area contributed by atoms with E-state index in [0.29, 0.717) is 23.2 Å². The highest BCUT2D eigenvalue weighted by Crippen LogP contribution is 2.26. The van der Waals surface area contributed by atoms with Crippen LogP contribution in [0.2, 0.25) is 0 Å². The Bertz CT molecular complexity index is 890. The number of hydrogen-bond donors (Lipinski definition) is 1. The van der Waals surface area contributed by atoms with E-state index in [1.165, 1.54) is 22.5 Å². The highest BCUT2D eigenvalue weighted by Gasteiger charge is 2.10. The van der Waals surface area contributed by atoms with Crippen molar-refractivity contribution in [1.29, 1.82) is 0 Å². The zero-order valence-electron chi connectivity index (χ0n) is 15.4. The second-order valence-electron chi connectivity index (χ2n) is 6.01. The molecule has 0 atom stereocenters. The molecule has 0 radical (unpaired) electrons. The summed E-state index contributed by atoms with van der Waals surface area (Å²) in [5.41, 5.74) is 2.46. The Morgan fingerprint density at radius 2 is 1.78 bits per heavy atom. The molecule has 2 aromatic carbocycles. The van der Waals surface area contributed by atoms with Crippen molar-refractivity contribution in [1.82, 2.24) is 4.98 Å². The lowest BCUT2D eigenvalue weighted by Gasteiger charge is -2.10. The number of amides is 1. The molecule has 3 aromatic rings. The molecule has 3 rings (SSSR count). The molecule has 5 nitrogen and oxygen atoms in total. The average molecular weight is 382 g/mol. The van der Waals surface area contributed by atoms with E-state index in [1.54, 1.807) is 12.3 Å². The van der Waals surface area contributed by atoms with Gasteiger partial charge in [-0.25, -0.2) is 4.98 Å². The van der Waals surface area contributed by atoms with Crippen LogP contribution < -0.4 is 14.8 Å². The van der Waals surface area contributed by atoms with Gasteiger partial charge in [-0.2, -0.15) is 0 Å². The highest BCUT2D eigenvalue weighted by atomic mass is 32.1. The molecule has 1 amide bonds. The quantitative estimate of drug-likeness (QED) is 0.625. The molecule has 1 aromatic heterocycles. The summed E-state index contributed by atoms with van der Waals surface area (Å²) in [4.78, 5) is 17.5. The largest absolute Gasteiger partial charge is 0.490 e. The van der Waals surface area contributed by atoms with Crippen LogP contribution in [0.25, 0.3) is 0 Å². The Morgan fingerprint density at radius 3 is 2.48 bits per heavy atom. The van der Waals surface area contributed by atoms with Crippen LogP contribution >= 0.6 is 11.3 Å². The molecule has 0 aliphatic heterocycles. The van der Waals surface area contributed by atoms with E-state index in [4.69, 9.17) is 9.47 Å². The summed E-state index contributed by atoms with van der Waals surface area (Å²) in [5.74, 6) is 0.925. The van der Waals surface area contributed by atoms with Crippen molar-refractivity contribution >= 4 is 22.4 Å². The number of carbonyl (C=O) groups is 1. The standard InChI is InChI=1S/C21H22N2O3S/c1-3-25-18-6-4-5-7-19(18)26-14-20(24)23-21-22-13-17(27-21)12-16-10-8-15(2)9-11-16/h4-11,13H,3,12,14H2,1-2H3,(H,22,23,24). The van der Waals surface area contributed by atoms with E-state index in [9.17, 15) is 4.79 Å². The fourth-order valence-corrected chi connectivity index (χ4v) is 3.36. The molecule has 27 heavy (non-hydrogen) atoms. The third-order valence-electron chi connectivity index (χ3n) is 3.81. The summed E-state index contributed by atoms with van der Waals surface area (Å²) in [6.07, 6.45) is 2.59. The normalized spacial score (nSPS) is 10.4. The SMILES string of the molecule is CCOc1ccccc1OCC(=O)Nc1ncc(Cc2ccc(C)cc2)s1. The first kappa shape index (κ1) is 18.9. The van der Waals surface area contributed by atoms with Crippen molar-refractivity contribution in [2.24, 2.45) is 0 Å². The van der Waals surface area contributed by atoms with Crippen molar-refractivity contribution in [2.75, 3.05) is 18.5 Å². The number of para-hydroxylation sites is 2.